The van der Waals surface area contributed by atoms with E-state index in [9.17, 15) is 4.39 Å². The zero-order valence-corrected chi connectivity index (χ0v) is 12.4. The average Bonchev–Trinajstić information content (AvgIpc) is 2.83. The maximum atomic E-state index is 13.2. The van der Waals surface area contributed by atoms with Crippen molar-refractivity contribution in [2.45, 2.75) is 19.4 Å². The van der Waals surface area contributed by atoms with Crippen LogP contribution in [-0.2, 0) is 19.4 Å². The van der Waals surface area contributed by atoms with Gasteiger partial charge in [0, 0.05) is 18.8 Å². The molecule has 0 fully saturated rings. The summed E-state index contributed by atoms with van der Waals surface area (Å²) >= 11 is 5.87. The Balaban J connectivity index is 1.89. The molecule has 0 unspecified atom stereocenters. The molecule has 0 bridgehead atoms. The highest BCUT2D eigenvalue weighted by Gasteiger charge is 2.09. The molecule has 4 heteroatoms. The predicted molar refractivity (Wildman–Crippen MR) is 84.3 cm³/mol. The van der Waals surface area contributed by atoms with Gasteiger partial charge in [0.25, 0.3) is 0 Å². The number of fused-ring (bicyclic) bond motifs is 1. The number of nitrogens with zero attached hydrogens (tertiary/aromatic N) is 2. The first-order valence-electron chi connectivity index (χ1n) is 7.02. The SMILES string of the molecule is Fc1cccc(CCn2c(CCCl)nc3ccccc32)c1. The highest BCUT2D eigenvalue weighted by molar-refractivity contribution is 6.17. The van der Waals surface area contributed by atoms with Crippen LogP contribution in [-0.4, -0.2) is 15.4 Å². The molecule has 3 rings (SSSR count). The number of aromatic nitrogens is 2. The summed E-state index contributed by atoms with van der Waals surface area (Å²) in [5.41, 5.74) is 3.08. The molecule has 0 radical (unpaired) electrons. The summed E-state index contributed by atoms with van der Waals surface area (Å²) in [6.07, 6.45) is 1.51. The quantitative estimate of drug-likeness (QED) is 0.646. The van der Waals surface area contributed by atoms with E-state index in [1.807, 2.05) is 24.3 Å². The van der Waals surface area contributed by atoms with E-state index in [4.69, 9.17) is 11.6 Å². The number of hydrogen-bond donors (Lipinski definition) is 0. The minimum absolute atomic E-state index is 0.191. The first-order valence-corrected chi connectivity index (χ1v) is 7.56. The zero-order valence-electron chi connectivity index (χ0n) is 11.6. The molecule has 0 saturated heterocycles. The van der Waals surface area contributed by atoms with Crippen molar-refractivity contribution in [2.75, 3.05) is 5.88 Å². The Morgan fingerprint density at radius 3 is 2.71 bits per heavy atom. The monoisotopic (exact) mass is 302 g/mol. The molecule has 0 amide bonds. The third-order valence-electron chi connectivity index (χ3n) is 3.56. The van der Waals surface area contributed by atoms with Crippen molar-refractivity contribution in [3.8, 4) is 0 Å². The molecule has 0 aliphatic rings. The number of para-hydroxylation sites is 2. The lowest BCUT2D eigenvalue weighted by molar-refractivity contribution is 0.620. The Morgan fingerprint density at radius 1 is 1.05 bits per heavy atom. The molecular formula is C17H16ClFN2. The Hall–Kier alpha value is -1.87. The van der Waals surface area contributed by atoms with Crippen molar-refractivity contribution in [2.24, 2.45) is 0 Å². The predicted octanol–water partition coefficient (Wildman–Crippen LogP) is 4.20. The van der Waals surface area contributed by atoms with Gasteiger partial charge in [-0.15, -0.1) is 11.6 Å². The van der Waals surface area contributed by atoms with Crippen molar-refractivity contribution in [1.82, 2.24) is 9.55 Å². The van der Waals surface area contributed by atoms with Gasteiger partial charge in [-0.1, -0.05) is 24.3 Å². The van der Waals surface area contributed by atoms with Gasteiger partial charge in [-0.2, -0.15) is 0 Å². The molecule has 0 atom stereocenters. The first-order chi connectivity index (χ1) is 10.3. The molecular weight excluding hydrogens is 287 g/mol. The van der Waals surface area contributed by atoms with Crippen LogP contribution in [0, 0.1) is 5.82 Å². The summed E-state index contributed by atoms with van der Waals surface area (Å²) in [5.74, 6) is 1.34. The fourth-order valence-corrected chi connectivity index (χ4v) is 2.75. The highest BCUT2D eigenvalue weighted by atomic mass is 35.5. The van der Waals surface area contributed by atoms with E-state index in [-0.39, 0.29) is 5.82 Å². The van der Waals surface area contributed by atoms with Gasteiger partial charge in [-0.3, -0.25) is 0 Å². The number of aryl methyl sites for hydroxylation is 3. The van der Waals surface area contributed by atoms with Gasteiger partial charge in [0.15, 0.2) is 0 Å². The van der Waals surface area contributed by atoms with Crippen LogP contribution in [0.4, 0.5) is 4.39 Å². The molecule has 2 nitrogen and oxygen atoms in total. The van der Waals surface area contributed by atoms with Gasteiger partial charge in [-0.05, 0) is 36.2 Å². The lowest BCUT2D eigenvalue weighted by Gasteiger charge is -2.08. The number of benzene rings is 2. The van der Waals surface area contributed by atoms with Gasteiger partial charge in [0.2, 0.25) is 0 Å². The van der Waals surface area contributed by atoms with Crippen LogP contribution in [0.5, 0.6) is 0 Å². The van der Waals surface area contributed by atoms with Gasteiger partial charge in [0.1, 0.15) is 11.6 Å². The molecule has 0 spiro atoms. The van der Waals surface area contributed by atoms with E-state index < -0.39 is 0 Å². The third kappa shape index (κ3) is 3.08. The van der Waals surface area contributed by atoms with Crippen LogP contribution in [0.15, 0.2) is 48.5 Å². The Bertz CT molecular complexity index is 751. The maximum absolute atomic E-state index is 13.2. The van der Waals surface area contributed by atoms with E-state index in [2.05, 4.69) is 15.6 Å². The lowest BCUT2D eigenvalue weighted by atomic mass is 10.1. The summed E-state index contributed by atoms with van der Waals surface area (Å²) in [5, 5.41) is 0. The van der Waals surface area contributed by atoms with E-state index >= 15 is 0 Å². The molecule has 108 valence electrons. The van der Waals surface area contributed by atoms with E-state index in [0.717, 1.165) is 41.8 Å². The minimum Gasteiger partial charge on any atom is -0.328 e. The number of imidazole rings is 1. The molecule has 0 saturated carbocycles. The third-order valence-corrected chi connectivity index (χ3v) is 3.75. The lowest BCUT2D eigenvalue weighted by Crippen LogP contribution is -2.07. The number of alkyl halides is 1. The summed E-state index contributed by atoms with van der Waals surface area (Å²) in [6.45, 7) is 0.774. The second kappa shape index (κ2) is 6.27. The first kappa shape index (κ1) is 14.1. The maximum Gasteiger partial charge on any atom is 0.123 e. The number of halogens is 2. The van der Waals surface area contributed by atoms with Crippen molar-refractivity contribution in [3.63, 3.8) is 0 Å². The Kier molecular flexibility index (Phi) is 4.20. The van der Waals surface area contributed by atoms with Crippen LogP contribution >= 0.6 is 11.6 Å². The molecule has 1 heterocycles. The molecule has 3 aromatic rings. The van der Waals surface area contributed by atoms with Crippen molar-refractivity contribution >= 4 is 22.6 Å². The summed E-state index contributed by atoms with van der Waals surface area (Å²) < 4.78 is 15.4. The number of rotatable bonds is 5. The number of hydrogen-bond acceptors (Lipinski definition) is 1. The van der Waals surface area contributed by atoms with E-state index in [0.29, 0.717) is 5.88 Å². The second-order valence-electron chi connectivity index (χ2n) is 4.99. The average molecular weight is 303 g/mol. The van der Waals surface area contributed by atoms with Crippen LogP contribution in [0.3, 0.4) is 0 Å². The van der Waals surface area contributed by atoms with Crippen LogP contribution < -0.4 is 0 Å². The van der Waals surface area contributed by atoms with Gasteiger partial charge < -0.3 is 4.57 Å². The Morgan fingerprint density at radius 2 is 1.90 bits per heavy atom. The van der Waals surface area contributed by atoms with Crippen molar-refractivity contribution < 1.29 is 4.39 Å². The molecule has 2 aromatic carbocycles. The Labute approximate surface area is 128 Å². The fourth-order valence-electron chi connectivity index (χ4n) is 2.58. The van der Waals surface area contributed by atoms with Gasteiger partial charge in [0.05, 0.1) is 11.0 Å². The second-order valence-corrected chi connectivity index (χ2v) is 5.37. The van der Waals surface area contributed by atoms with Gasteiger partial charge >= 0.3 is 0 Å². The van der Waals surface area contributed by atoms with Crippen LogP contribution in [0.2, 0.25) is 0 Å². The summed E-state index contributed by atoms with van der Waals surface area (Å²) in [7, 11) is 0. The van der Waals surface area contributed by atoms with Crippen LogP contribution in [0.25, 0.3) is 11.0 Å². The van der Waals surface area contributed by atoms with E-state index in [1.165, 1.54) is 6.07 Å². The smallest absolute Gasteiger partial charge is 0.123 e. The van der Waals surface area contributed by atoms with E-state index in [1.54, 1.807) is 12.1 Å². The van der Waals surface area contributed by atoms with Crippen LogP contribution in [0.1, 0.15) is 11.4 Å². The molecule has 21 heavy (non-hydrogen) atoms. The van der Waals surface area contributed by atoms with Crippen molar-refractivity contribution in [1.29, 1.82) is 0 Å². The molecule has 0 aliphatic carbocycles. The molecule has 0 N–H and O–H groups in total. The van der Waals surface area contributed by atoms with Crippen molar-refractivity contribution in [3.05, 3.63) is 65.7 Å². The minimum atomic E-state index is -0.191. The summed E-state index contributed by atoms with van der Waals surface area (Å²) in [6, 6.07) is 14.8. The topological polar surface area (TPSA) is 17.8 Å². The summed E-state index contributed by atoms with van der Waals surface area (Å²) in [4.78, 5) is 4.64. The molecule has 0 aliphatic heterocycles. The fraction of sp³-hybridized carbons (Fsp3) is 0.235. The molecule has 1 aromatic heterocycles. The normalized spacial score (nSPS) is 11.1. The van der Waals surface area contributed by atoms with Gasteiger partial charge in [-0.25, -0.2) is 9.37 Å². The largest absolute Gasteiger partial charge is 0.328 e. The standard InChI is InChI=1S/C17H16ClFN2/c18-10-8-17-20-15-6-1-2-7-16(15)21(17)11-9-13-4-3-5-14(19)12-13/h1-7,12H,8-11H2. The zero-order chi connectivity index (χ0) is 14.7. The highest BCUT2D eigenvalue weighted by Crippen LogP contribution is 2.18.